The van der Waals surface area contributed by atoms with Gasteiger partial charge in [-0.3, -0.25) is 0 Å². The van der Waals surface area contributed by atoms with E-state index in [9.17, 15) is 0 Å². The summed E-state index contributed by atoms with van der Waals surface area (Å²) < 4.78 is 0. The molecule has 1 aliphatic heterocycles. The van der Waals surface area contributed by atoms with Gasteiger partial charge in [0.15, 0.2) is 5.17 Å². The zero-order chi connectivity index (χ0) is 12.1. The molecule has 0 amide bonds. The lowest BCUT2D eigenvalue weighted by atomic mass is 10.1. The highest BCUT2D eigenvalue weighted by Gasteiger charge is 2.20. The van der Waals surface area contributed by atoms with Crippen LogP contribution in [0.2, 0.25) is 0 Å². The molecule has 0 spiro atoms. The van der Waals surface area contributed by atoms with E-state index in [2.05, 4.69) is 11.1 Å². The average Bonchev–Trinajstić information content (AvgIpc) is 2.78. The topological polar surface area (TPSA) is 63.2 Å². The lowest BCUT2D eigenvalue weighted by Gasteiger charge is -2.17. The summed E-state index contributed by atoms with van der Waals surface area (Å²) >= 11 is 1.58. The first-order valence-electron chi connectivity index (χ1n) is 5.17. The van der Waals surface area contributed by atoms with Crippen LogP contribution >= 0.6 is 11.8 Å². The molecule has 0 bridgehead atoms. The molecule has 2 rings (SSSR count). The smallest absolute Gasteiger partial charge is 0.208 e. The van der Waals surface area contributed by atoms with Crippen molar-refractivity contribution in [3.63, 3.8) is 0 Å². The second-order valence-electron chi connectivity index (χ2n) is 3.53. The summed E-state index contributed by atoms with van der Waals surface area (Å²) in [4.78, 5) is 5.82. The van der Waals surface area contributed by atoms with Gasteiger partial charge < -0.3 is 4.90 Å². The molecular weight excluding hydrogens is 232 g/mol. The predicted octanol–water partition coefficient (Wildman–Crippen LogP) is 1.94. The molecule has 1 aromatic rings. The van der Waals surface area contributed by atoms with Crippen molar-refractivity contribution in [3.05, 3.63) is 35.4 Å². The standard InChI is InChI=1S/C12H10N4S/c13-7-10-3-1-2-4-11(10)8-16-5-6-17-12(16)15-9-14/h1-4H,5-6,8H2. The number of rotatable bonds is 2. The summed E-state index contributed by atoms with van der Waals surface area (Å²) in [5.41, 5.74) is 1.66. The number of amidine groups is 1. The second kappa shape index (κ2) is 5.38. The molecule has 1 aromatic carbocycles. The van der Waals surface area contributed by atoms with Gasteiger partial charge in [-0.2, -0.15) is 10.5 Å². The molecular formula is C12H10N4S. The van der Waals surface area contributed by atoms with E-state index in [-0.39, 0.29) is 0 Å². The number of thioether (sulfide) groups is 1. The number of hydrogen-bond donors (Lipinski definition) is 0. The van der Waals surface area contributed by atoms with Crippen molar-refractivity contribution in [1.29, 1.82) is 10.5 Å². The molecule has 4 nitrogen and oxygen atoms in total. The Kier molecular flexibility index (Phi) is 3.64. The minimum absolute atomic E-state index is 0.636. The third kappa shape index (κ3) is 2.58. The summed E-state index contributed by atoms with van der Waals surface area (Å²) in [5, 5.41) is 18.3. The highest BCUT2D eigenvalue weighted by atomic mass is 32.2. The normalized spacial score (nSPS) is 16.8. The zero-order valence-corrected chi connectivity index (χ0v) is 9.94. The highest BCUT2D eigenvalue weighted by molar-refractivity contribution is 8.14. The fourth-order valence-corrected chi connectivity index (χ4v) is 2.64. The van der Waals surface area contributed by atoms with E-state index < -0.39 is 0 Å². The van der Waals surface area contributed by atoms with Crippen LogP contribution < -0.4 is 0 Å². The Bertz CT molecular complexity index is 524. The Morgan fingerprint density at radius 1 is 1.35 bits per heavy atom. The van der Waals surface area contributed by atoms with Gasteiger partial charge in [-0.15, -0.1) is 4.99 Å². The van der Waals surface area contributed by atoms with Crippen molar-refractivity contribution >= 4 is 16.9 Å². The van der Waals surface area contributed by atoms with Crippen LogP contribution in [0.25, 0.3) is 0 Å². The second-order valence-corrected chi connectivity index (χ2v) is 4.60. The minimum atomic E-state index is 0.636. The van der Waals surface area contributed by atoms with Crippen LogP contribution in [0.1, 0.15) is 11.1 Å². The minimum Gasteiger partial charge on any atom is -0.345 e. The summed E-state index contributed by atoms with van der Waals surface area (Å²) in [5.74, 6) is 0.940. The van der Waals surface area contributed by atoms with E-state index in [0.29, 0.717) is 12.1 Å². The Morgan fingerprint density at radius 2 is 2.18 bits per heavy atom. The molecule has 1 saturated heterocycles. The molecule has 0 aliphatic carbocycles. The fraction of sp³-hybridized carbons (Fsp3) is 0.250. The Balaban J connectivity index is 2.19. The van der Waals surface area contributed by atoms with Crippen LogP contribution in [0, 0.1) is 22.8 Å². The van der Waals surface area contributed by atoms with Crippen molar-refractivity contribution in [3.8, 4) is 12.3 Å². The van der Waals surface area contributed by atoms with Gasteiger partial charge in [-0.1, -0.05) is 30.0 Å². The molecule has 5 heteroatoms. The van der Waals surface area contributed by atoms with E-state index in [0.717, 1.165) is 23.0 Å². The van der Waals surface area contributed by atoms with Gasteiger partial charge in [0.1, 0.15) is 0 Å². The summed E-state index contributed by atoms with van der Waals surface area (Å²) in [7, 11) is 0. The quantitative estimate of drug-likeness (QED) is 0.743. The predicted molar refractivity (Wildman–Crippen MR) is 67.1 cm³/mol. The van der Waals surface area contributed by atoms with Gasteiger partial charge in [0, 0.05) is 18.8 Å². The van der Waals surface area contributed by atoms with Gasteiger partial charge in [-0.25, -0.2) is 0 Å². The van der Waals surface area contributed by atoms with Crippen LogP contribution in [0.15, 0.2) is 29.3 Å². The maximum atomic E-state index is 9.01. The fourth-order valence-electron chi connectivity index (χ4n) is 1.70. The van der Waals surface area contributed by atoms with Gasteiger partial charge >= 0.3 is 0 Å². The van der Waals surface area contributed by atoms with Crippen LogP contribution in [0.4, 0.5) is 0 Å². The third-order valence-corrected chi connectivity index (χ3v) is 3.50. The monoisotopic (exact) mass is 242 g/mol. The molecule has 0 radical (unpaired) electrons. The number of nitriles is 2. The van der Waals surface area contributed by atoms with Crippen molar-refractivity contribution in [2.75, 3.05) is 12.3 Å². The first-order valence-corrected chi connectivity index (χ1v) is 6.16. The van der Waals surface area contributed by atoms with E-state index in [1.807, 2.05) is 29.3 Å². The van der Waals surface area contributed by atoms with Gasteiger partial charge in [0.25, 0.3) is 0 Å². The van der Waals surface area contributed by atoms with Crippen molar-refractivity contribution in [1.82, 2.24) is 4.90 Å². The summed E-state index contributed by atoms with van der Waals surface area (Å²) in [6.45, 7) is 1.50. The number of aliphatic imine (C=N–C) groups is 1. The van der Waals surface area contributed by atoms with Crippen LogP contribution in [0.3, 0.4) is 0 Å². The maximum absolute atomic E-state index is 9.01. The van der Waals surface area contributed by atoms with Crippen molar-refractivity contribution in [2.45, 2.75) is 6.54 Å². The Hall–Kier alpha value is -1.98. The molecule has 1 aliphatic rings. The largest absolute Gasteiger partial charge is 0.345 e. The van der Waals surface area contributed by atoms with Gasteiger partial charge in [0.05, 0.1) is 11.6 Å². The lowest BCUT2D eigenvalue weighted by Crippen LogP contribution is -2.24. The Labute approximate surface area is 104 Å². The van der Waals surface area contributed by atoms with Crippen molar-refractivity contribution < 1.29 is 0 Å². The highest BCUT2D eigenvalue weighted by Crippen LogP contribution is 2.21. The maximum Gasteiger partial charge on any atom is 0.208 e. The first-order chi connectivity index (χ1) is 8.35. The molecule has 17 heavy (non-hydrogen) atoms. The van der Waals surface area contributed by atoms with Gasteiger partial charge in [-0.05, 0) is 11.6 Å². The van der Waals surface area contributed by atoms with Crippen LogP contribution in [0.5, 0.6) is 0 Å². The molecule has 0 unspecified atom stereocenters. The van der Waals surface area contributed by atoms with Crippen LogP contribution in [-0.2, 0) is 6.54 Å². The van der Waals surface area contributed by atoms with E-state index in [1.165, 1.54) is 0 Å². The first kappa shape index (κ1) is 11.5. The number of benzene rings is 1. The molecule has 1 heterocycles. The molecule has 0 atom stereocenters. The molecule has 1 fully saturated rings. The SMILES string of the molecule is N#CN=C1SCCN1Cc1ccccc1C#N. The molecule has 0 saturated carbocycles. The van der Waals surface area contributed by atoms with Gasteiger partial charge in [0.2, 0.25) is 6.19 Å². The lowest BCUT2D eigenvalue weighted by molar-refractivity contribution is 0.457. The number of nitrogens with zero attached hydrogens (tertiary/aromatic N) is 4. The molecule has 84 valence electrons. The molecule has 0 aromatic heterocycles. The van der Waals surface area contributed by atoms with E-state index in [4.69, 9.17) is 10.5 Å². The average molecular weight is 242 g/mol. The van der Waals surface area contributed by atoms with E-state index >= 15 is 0 Å². The number of hydrogen-bond acceptors (Lipinski definition) is 4. The summed E-state index contributed by atoms with van der Waals surface area (Å²) in [6, 6.07) is 9.69. The zero-order valence-electron chi connectivity index (χ0n) is 9.13. The van der Waals surface area contributed by atoms with Crippen molar-refractivity contribution in [2.24, 2.45) is 4.99 Å². The third-order valence-electron chi connectivity index (χ3n) is 2.51. The summed E-state index contributed by atoms with van der Waals surface area (Å²) in [6.07, 6.45) is 1.81. The molecule has 0 N–H and O–H groups in total. The Morgan fingerprint density at radius 3 is 2.94 bits per heavy atom. The van der Waals surface area contributed by atoms with E-state index in [1.54, 1.807) is 17.8 Å². The van der Waals surface area contributed by atoms with Crippen LogP contribution in [-0.4, -0.2) is 22.4 Å².